The van der Waals surface area contributed by atoms with E-state index in [-0.39, 0.29) is 16.1 Å². The van der Waals surface area contributed by atoms with Crippen LogP contribution in [0.2, 0.25) is 5.02 Å². The zero-order valence-electron chi connectivity index (χ0n) is 9.55. The quantitative estimate of drug-likeness (QED) is 0.904. The predicted molar refractivity (Wildman–Crippen MR) is 68.7 cm³/mol. The second-order valence-corrected chi connectivity index (χ2v) is 4.17. The van der Waals surface area contributed by atoms with Crippen LogP contribution in [0.15, 0.2) is 36.4 Å². The van der Waals surface area contributed by atoms with Gasteiger partial charge in [0.15, 0.2) is 5.75 Å². The number of hydrogen-bond acceptors (Lipinski definition) is 2. The Labute approximate surface area is 114 Å². The summed E-state index contributed by atoms with van der Waals surface area (Å²) in [6, 6.07) is 10.6. The Morgan fingerprint density at radius 2 is 1.79 bits per heavy atom. The number of carbonyl (C=O) groups is 1. The molecule has 0 heterocycles. The molecule has 0 aromatic heterocycles. The van der Waals surface area contributed by atoms with Crippen molar-refractivity contribution in [3.63, 3.8) is 0 Å². The molecule has 0 aliphatic carbocycles. The summed E-state index contributed by atoms with van der Waals surface area (Å²) in [5.74, 6) is -1.45. The van der Waals surface area contributed by atoms with E-state index in [0.717, 1.165) is 0 Å². The number of benzene rings is 2. The molecule has 19 heavy (non-hydrogen) atoms. The number of carboxylic acids is 1. The van der Waals surface area contributed by atoms with Crippen molar-refractivity contribution in [2.45, 2.75) is 0 Å². The molecule has 0 atom stereocenters. The molecule has 0 aliphatic heterocycles. The molecule has 2 aromatic carbocycles. The Hall–Kier alpha value is -2.51. The molecule has 2 rings (SSSR count). The molecular weight excluding hydrogens is 266 g/mol. The average Bonchev–Trinajstić information content (AvgIpc) is 2.39. The molecule has 2 aromatic rings. The highest BCUT2D eigenvalue weighted by atomic mass is 35.5. The van der Waals surface area contributed by atoms with E-state index in [1.807, 2.05) is 0 Å². The first-order chi connectivity index (χ1) is 9.04. The van der Waals surface area contributed by atoms with Crippen LogP contribution in [0.3, 0.4) is 0 Å². The normalized spacial score (nSPS) is 9.89. The number of nitrogens with zero attached hydrogens (tertiary/aromatic N) is 1. The van der Waals surface area contributed by atoms with Crippen molar-refractivity contribution in [2.75, 3.05) is 0 Å². The highest BCUT2D eigenvalue weighted by molar-refractivity contribution is 6.34. The lowest BCUT2D eigenvalue weighted by Gasteiger charge is -2.06. The van der Waals surface area contributed by atoms with Crippen molar-refractivity contribution in [2.24, 2.45) is 0 Å². The third-order valence-corrected chi connectivity index (χ3v) is 3.05. The Morgan fingerprint density at radius 1 is 1.16 bits per heavy atom. The van der Waals surface area contributed by atoms with Gasteiger partial charge in [0.05, 0.1) is 10.6 Å². The van der Waals surface area contributed by atoms with E-state index in [0.29, 0.717) is 11.1 Å². The minimum Gasteiger partial charge on any atom is -0.478 e. The van der Waals surface area contributed by atoms with E-state index in [4.69, 9.17) is 22.0 Å². The van der Waals surface area contributed by atoms with Crippen molar-refractivity contribution < 1.29 is 15.0 Å². The highest BCUT2D eigenvalue weighted by Crippen LogP contribution is 2.35. The molecule has 1 radical (unpaired) electrons. The Morgan fingerprint density at radius 3 is 2.32 bits per heavy atom. The first kappa shape index (κ1) is 12.9. The molecule has 0 amide bonds. The van der Waals surface area contributed by atoms with Crippen molar-refractivity contribution >= 4 is 17.6 Å². The van der Waals surface area contributed by atoms with Crippen molar-refractivity contribution in [3.8, 4) is 22.9 Å². The van der Waals surface area contributed by atoms with Gasteiger partial charge in [-0.1, -0.05) is 23.7 Å². The van der Waals surface area contributed by atoms with Gasteiger partial charge in [0.2, 0.25) is 0 Å². The smallest absolute Gasteiger partial charge is 0.335 e. The van der Waals surface area contributed by atoms with E-state index >= 15 is 0 Å². The molecule has 0 saturated heterocycles. The largest absolute Gasteiger partial charge is 0.478 e. The van der Waals surface area contributed by atoms with Crippen LogP contribution >= 0.6 is 11.6 Å². The zero-order valence-corrected chi connectivity index (χ0v) is 10.3. The maximum Gasteiger partial charge on any atom is 0.335 e. The summed E-state index contributed by atoms with van der Waals surface area (Å²) >= 11 is 6.01. The molecule has 4 nitrogen and oxygen atoms in total. The Bertz CT molecular complexity index is 687. The van der Waals surface area contributed by atoms with Crippen LogP contribution in [0.5, 0.6) is 5.75 Å². The number of aromatic carboxylic acids is 1. The van der Waals surface area contributed by atoms with Crippen LogP contribution in [0.4, 0.5) is 0 Å². The molecule has 0 spiro atoms. The lowest BCUT2D eigenvalue weighted by molar-refractivity contribution is 0.0697. The summed E-state index contributed by atoms with van der Waals surface area (Å²) in [7, 11) is 0. The van der Waals surface area contributed by atoms with Crippen molar-refractivity contribution in [1.82, 2.24) is 0 Å². The number of rotatable bonds is 2. The average molecular weight is 273 g/mol. The van der Waals surface area contributed by atoms with Crippen molar-refractivity contribution in [1.29, 1.82) is 5.26 Å². The third kappa shape index (κ3) is 2.37. The predicted octanol–water partition coefficient (Wildman–Crippen LogP) is 3.72. The zero-order chi connectivity index (χ0) is 14.0. The maximum absolute atomic E-state index is 11.4. The summed E-state index contributed by atoms with van der Waals surface area (Å²) < 4.78 is 0. The summed E-state index contributed by atoms with van der Waals surface area (Å²) in [6.07, 6.45) is 0. The second kappa shape index (κ2) is 5.01. The summed E-state index contributed by atoms with van der Waals surface area (Å²) in [5.41, 5.74) is 1.21. The summed E-state index contributed by atoms with van der Waals surface area (Å²) in [4.78, 5) is 10.8. The maximum atomic E-state index is 11.4. The minimum atomic E-state index is -1.02. The van der Waals surface area contributed by atoms with Gasteiger partial charge in [0, 0.05) is 5.56 Å². The molecular formula is C14H7ClNO3. The van der Waals surface area contributed by atoms with Gasteiger partial charge in [-0.2, -0.15) is 5.26 Å². The standard InChI is InChI=1S/C14H7ClNO3/c15-13-10(5-6-12(17)11(13)7-16)8-1-3-9(4-2-8)14(18)19/h1-6H,(H,18,19). The lowest BCUT2D eigenvalue weighted by Crippen LogP contribution is -1.95. The number of halogens is 1. The van der Waals surface area contributed by atoms with E-state index in [2.05, 4.69) is 0 Å². The monoisotopic (exact) mass is 272 g/mol. The van der Waals surface area contributed by atoms with E-state index in [9.17, 15) is 9.90 Å². The fraction of sp³-hybridized carbons (Fsp3) is 0. The second-order valence-electron chi connectivity index (χ2n) is 3.79. The van der Waals surface area contributed by atoms with Crippen LogP contribution < -0.4 is 0 Å². The SMILES string of the molecule is N#Cc1c([O])ccc(-c2ccc(C(=O)O)cc2)c1Cl. The van der Waals surface area contributed by atoms with Crippen LogP contribution in [0.25, 0.3) is 11.1 Å². The fourth-order valence-electron chi connectivity index (χ4n) is 1.68. The molecule has 5 heteroatoms. The Kier molecular flexibility index (Phi) is 3.41. The van der Waals surface area contributed by atoms with Crippen molar-refractivity contribution in [3.05, 3.63) is 52.5 Å². The van der Waals surface area contributed by atoms with Gasteiger partial charge in [-0.05, 0) is 29.8 Å². The lowest BCUT2D eigenvalue weighted by atomic mass is 10.0. The molecule has 1 N–H and O–H groups in total. The van der Waals surface area contributed by atoms with Gasteiger partial charge in [-0.25, -0.2) is 4.79 Å². The molecule has 0 aliphatic rings. The van der Waals surface area contributed by atoms with E-state index in [1.165, 1.54) is 24.3 Å². The fourth-order valence-corrected chi connectivity index (χ4v) is 1.99. The van der Waals surface area contributed by atoms with Gasteiger partial charge >= 0.3 is 5.97 Å². The van der Waals surface area contributed by atoms with E-state index < -0.39 is 11.7 Å². The van der Waals surface area contributed by atoms with Gasteiger partial charge < -0.3 is 5.11 Å². The molecule has 93 valence electrons. The molecule has 0 saturated carbocycles. The van der Waals surface area contributed by atoms with Crippen LogP contribution in [-0.2, 0) is 5.11 Å². The molecule has 0 unspecified atom stereocenters. The topological polar surface area (TPSA) is 81.0 Å². The first-order valence-electron chi connectivity index (χ1n) is 5.28. The molecule has 0 bridgehead atoms. The van der Waals surface area contributed by atoms with E-state index in [1.54, 1.807) is 18.2 Å². The Balaban J connectivity index is 2.54. The third-order valence-electron chi connectivity index (χ3n) is 2.66. The van der Waals surface area contributed by atoms with Crippen LogP contribution in [0.1, 0.15) is 15.9 Å². The van der Waals surface area contributed by atoms with Gasteiger partial charge in [-0.15, -0.1) is 0 Å². The number of hydrogen-bond donors (Lipinski definition) is 1. The first-order valence-corrected chi connectivity index (χ1v) is 5.65. The highest BCUT2D eigenvalue weighted by Gasteiger charge is 2.14. The van der Waals surface area contributed by atoms with Crippen LogP contribution in [-0.4, -0.2) is 11.1 Å². The minimum absolute atomic E-state index is 0.0816. The number of nitriles is 1. The van der Waals surface area contributed by atoms with Gasteiger partial charge in [-0.3, -0.25) is 5.11 Å². The molecule has 0 fully saturated rings. The van der Waals surface area contributed by atoms with Gasteiger partial charge in [0.1, 0.15) is 11.6 Å². The summed E-state index contributed by atoms with van der Waals surface area (Å²) in [6.45, 7) is 0. The summed E-state index contributed by atoms with van der Waals surface area (Å²) in [5, 5.41) is 29.2. The van der Waals surface area contributed by atoms with Crippen LogP contribution in [0, 0.1) is 11.3 Å². The van der Waals surface area contributed by atoms with Gasteiger partial charge in [0.25, 0.3) is 0 Å². The number of carboxylic acid groups (broad SMARTS) is 1.